The molecule has 1 N–H and O–H groups in total. The molecule has 1 atom stereocenters. The average Bonchev–Trinajstić information content (AvgIpc) is 2.37. The molecule has 1 aromatic heterocycles. The molecule has 0 saturated heterocycles. The number of amides is 1. The van der Waals surface area contributed by atoms with Crippen LogP contribution in [-0.4, -0.2) is 10.9 Å². The largest absolute Gasteiger partial charge is 0.321 e. The van der Waals surface area contributed by atoms with Crippen LogP contribution < -0.4 is 5.32 Å². The first-order chi connectivity index (χ1) is 8.12. The summed E-state index contributed by atoms with van der Waals surface area (Å²) >= 11 is 0. The van der Waals surface area contributed by atoms with E-state index in [2.05, 4.69) is 37.3 Å². The van der Waals surface area contributed by atoms with Gasteiger partial charge in [-0.2, -0.15) is 0 Å². The Bertz CT molecular complexity index is 438. The van der Waals surface area contributed by atoms with Crippen molar-refractivity contribution >= 4 is 17.7 Å². The lowest BCUT2D eigenvalue weighted by atomic mass is 9.99. The van der Waals surface area contributed by atoms with Crippen LogP contribution in [0.15, 0.2) is 31.5 Å². The molecule has 1 unspecified atom stereocenters. The van der Waals surface area contributed by atoms with Crippen LogP contribution >= 0.6 is 0 Å². The molecule has 0 radical (unpaired) electrons. The summed E-state index contributed by atoms with van der Waals surface area (Å²) in [5.74, 6) is 0.144. The van der Waals surface area contributed by atoms with Crippen LogP contribution in [0, 0.1) is 0 Å². The summed E-state index contributed by atoms with van der Waals surface area (Å²) < 4.78 is 0. The summed E-state index contributed by atoms with van der Waals surface area (Å²) in [6.07, 6.45) is 5.68. The van der Waals surface area contributed by atoms with E-state index in [0.717, 1.165) is 17.7 Å². The molecule has 0 spiro atoms. The van der Waals surface area contributed by atoms with Crippen LogP contribution in [0.4, 0.5) is 5.69 Å². The van der Waals surface area contributed by atoms with Crippen molar-refractivity contribution in [2.45, 2.75) is 26.2 Å². The zero-order chi connectivity index (χ0) is 12.8. The van der Waals surface area contributed by atoms with Crippen LogP contribution in [0.3, 0.4) is 0 Å². The third-order valence-electron chi connectivity index (χ3n) is 2.70. The number of nitrogens with one attached hydrogen (secondary N) is 1. The number of carbonyl (C=O) groups is 1. The summed E-state index contributed by atoms with van der Waals surface area (Å²) in [5, 5.41) is 2.68. The minimum absolute atomic E-state index is 0.238. The number of nitrogens with zero attached hydrogens (tertiary/aromatic N) is 1. The van der Waals surface area contributed by atoms with Crippen molar-refractivity contribution in [2.24, 2.45) is 0 Å². The molecule has 3 heteroatoms. The molecule has 0 saturated carbocycles. The second kappa shape index (κ2) is 5.99. The quantitative estimate of drug-likeness (QED) is 0.788. The van der Waals surface area contributed by atoms with Gasteiger partial charge in [0, 0.05) is 0 Å². The molecule has 0 aliphatic heterocycles. The topological polar surface area (TPSA) is 42.0 Å². The summed E-state index contributed by atoms with van der Waals surface area (Å²) in [6, 6.07) is 1.88. The number of aromatic nitrogens is 1. The van der Waals surface area contributed by atoms with Crippen LogP contribution in [-0.2, 0) is 4.79 Å². The molecule has 3 nitrogen and oxygen atoms in total. The Hall–Kier alpha value is -1.90. The van der Waals surface area contributed by atoms with Gasteiger partial charge in [-0.1, -0.05) is 33.1 Å². The minimum atomic E-state index is -0.238. The van der Waals surface area contributed by atoms with E-state index in [1.54, 1.807) is 12.3 Å². The number of carbonyl (C=O) groups excluding carboxylic acids is 1. The Labute approximate surface area is 102 Å². The molecule has 90 valence electrons. The second-order valence-corrected chi connectivity index (χ2v) is 3.91. The van der Waals surface area contributed by atoms with E-state index in [9.17, 15) is 4.79 Å². The molecule has 1 rings (SSSR count). The van der Waals surface area contributed by atoms with Gasteiger partial charge in [-0.05, 0) is 30.0 Å². The zero-order valence-corrected chi connectivity index (χ0v) is 10.4. The molecule has 1 aromatic rings. The maximum atomic E-state index is 11.2. The third-order valence-corrected chi connectivity index (χ3v) is 2.70. The van der Waals surface area contributed by atoms with Crippen molar-refractivity contribution < 1.29 is 4.79 Å². The first-order valence-corrected chi connectivity index (χ1v) is 5.68. The third kappa shape index (κ3) is 3.28. The van der Waals surface area contributed by atoms with Crippen molar-refractivity contribution in [1.29, 1.82) is 0 Å². The lowest BCUT2D eigenvalue weighted by Gasteiger charge is -2.13. The Morgan fingerprint density at radius 1 is 1.59 bits per heavy atom. The fourth-order valence-electron chi connectivity index (χ4n) is 1.52. The molecule has 0 aliphatic rings. The van der Waals surface area contributed by atoms with E-state index in [-0.39, 0.29) is 5.91 Å². The van der Waals surface area contributed by atoms with Crippen LogP contribution in [0.5, 0.6) is 0 Å². The van der Waals surface area contributed by atoms with Crippen molar-refractivity contribution in [3.05, 3.63) is 42.8 Å². The Balaban J connectivity index is 3.03. The Morgan fingerprint density at radius 3 is 2.82 bits per heavy atom. The molecule has 0 aromatic carbocycles. The van der Waals surface area contributed by atoms with Gasteiger partial charge < -0.3 is 5.32 Å². The number of rotatable bonds is 5. The van der Waals surface area contributed by atoms with Crippen molar-refractivity contribution in [1.82, 2.24) is 4.98 Å². The number of hydrogen-bond acceptors (Lipinski definition) is 2. The zero-order valence-electron chi connectivity index (χ0n) is 10.4. The minimum Gasteiger partial charge on any atom is -0.321 e. The fourth-order valence-corrected chi connectivity index (χ4v) is 1.52. The van der Waals surface area contributed by atoms with E-state index in [0.29, 0.717) is 11.6 Å². The predicted octanol–water partition coefficient (Wildman–Crippen LogP) is 3.36. The van der Waals surface area contributed by atoms with Crippen LogP contribution in [0.1, 0.15) is 37.4 Å². The molecule has 1 amide bonds. The van der Waals surface area contributed by atoms with Gasteiger partial charge in [0.25, 0.3) is 0 Å². The highest BCUT2D eigenvalue weighted by Crippen LogP contribution is 2.23. The summed E-state index contributed by atoms with van der Waals surface area (Å²) in [7, 11) is 0. The van der Waals surface area contributed by atoms with Crippen molar-refractivity contribution in [2.75, 3.05) is 5.32 Å². The van der Waals surface area contributed by atoms with E-state index < -0.39 is 0 Å². The van der Waals surface area contributed by atoms with Crippen molar-refractivity contribution in [3.63, 3.8) is 0 Å². The summed E-state index contributed by atoms with van der Waals surface area (Å²) in [5.41, 5.74) is 2.64. The van der Waals surface area contributed by atoms with Crippen molar-refractivity contribution in [3.8, 4) is 0 Å². The molecule has 1 heterocycles. The van der Waals surface area contributed by atoms with Gasteiger partial charge in [0.15, 0.2) is 0 Å². The Morgan fingerprint density at radius 2 is 2.29 bits per heavy atom. The van der Waals surface area contributed by atoms with Gasteiger partial charge in [0.05, 0.1) is 17.6 Å². The van der Waals surface area contributed by atoms with Gasteiger partial charge in [0.1, 0.15) is 0 Å². The molecular formula is C14H18N2O. The number of hydrogen-bond donors (Lipinski definition) is 1. The monoisotopic (exact) mass is 230 g/mol. The van der Waals surface area contributed by atoms with E-state index in [1.807, 2.05) is 6.07 Å². The van der Waals surface area contributed by atoms with Gasteiger partial charge in [-0.3, -0.25) is 9.78 Å². The first kappa shape index (κ1) is 13.2. The normalized spacial score (nSPS) is 11.6. The highest BCUT2D eigenvalue weighted by Gasteiger charge is 2.10. The van der Waals surface area contributed by atoms with Gasteiger partial charge in [0.2, 0.25) is 5.91 Å². The second-order valence-electron chi connectivity index (χ2n) is 3.91. The number of anilines is 1. The van der Waals surface area contributed by atoms with Crippen LogP contribution in [0.25, 0.3) is 6.08 Å². The molecule has 17 heavy (non-hydrogen) atoms. The first-order valence-electron chi connectivity index (χ1n) is 5.68. The smallest absolute Gasteiger partial charge is 0.247 e. The predicted molar refractivity (Wildman–Crippen MR) is 71.9 cm³/mol. The van der Waals surface area contributed by atoms with Gasteiger partial charge in [-0.15, -0.1) is 0 Å². The molecule has 0 aliphatic carbocycles. The maximum absolute atomic E-state index is 11.2. The standard InChI is InChI=1S/C14H18N2O/c1-5-10(4)14-11(6-2)8-12(9-15-14)16-13(17)7-3/h6-10H,2-3,5H2,1,4H3,(H,16,17). The lowest BCUT2D eigenvalue weighted by Crippen LogP contribution is -2.09. The maximum Gasteiger partial charge on any atom is 0.247 e. The average molecular weight is 230 g/mol. The SMILES string of the molecule is C=CC(=O)Nc1cnc(C(C)CC)c(C=C)c1. The van der Waals surface area contributed by atoms with E-state index in [1.165, 1.54) is 6.08 Å². The lowest BCUT2D eigenvalue weighted by molar-refractivity contribution is -0.111. The fraction of sp³-hybridized carbons (Fsp3) is 0.286. The summed E-state index contributed by atoms with van der Waals surface area (Å²) in [4.78, 5) is 15.6. The number of pyridine rings is 1. The van der Waals surface area contributed by atoms with E-state index in [4.69, 9.17) is 0 Å². The Kier molecular flexibility index (Phi) is 4.64. The highest BCUT2D eigenvalue weighted by molar-refractivity contribution is 5.98. The molecular weight excluding hydrogens is 212 g/mol. The van der Waals surface area contributed by atoms with E-state index >= 15 is 0 Å². The van der Waals surface area contributed by atoms with Gasteiger partial charge in [-0.25, -0.2) is 0 Å². The molecule has 0 bridgehead atoms. The molecule has 0 fully saturated rings. The summed E-state index contributed by atoms with van der Waals surface area (Å²) in [6.45, 7) is 11.4. The highest BCUT2D eigenvalue weighted by atomic mass is 16.1. The van der Waals surface area contributed by atoms with Crippen LogP contribution in [0.2, 0.25) is 0 Å². The van der Waals surface area contributed by atoms with Gasteiger partial charge >= 0.3 is 0 Å².